The highest BCUT2D eigenvalue weighted by Crippen LogP contribution is 2.42. The first-order valence-corrected chi connectivity index (χ1v) is 6.68. The standard InChI is InChI=1S/C14H28O2/c1-5-10-16-14(11-15)8-6-12(7-9-14)13(2,3)4/h12,15H,5-11H2,1-4H3. The molecule has 1 N–H and O–H groups in total. The third-order valence-electron chi connectivity index (χ3n) is 4.02. The van der Waals surface area contributed by atoms with Crippen LogP contribution in [0.15, 0.2) is 0 Å². The Kier molecular flexibility index (Phi) is 4.81. The summed E-state index contributed by atoms with van der Waals surface area (Å²) in [6, 6.07) is 0. The van der Waals surface area contributed by atoms with Crippen LogP contribution < -0.4 is 0 Å². The molecule has 0 atom stereocenters. The minimum absolute atomic E-state index is 0.184. The predicted molar refractivity (Wildman–Crippen MR) is 67.5 cm³/mol. The molecule has 2 heteroatoms. The van der Waals surface area contributed by atoms with Crippen molar-refractivity contribution in [1.82, 2.24) is 0 Å². The summed E-state index contributed by atoms with van der Waals surface area (Å²) in [5.74, 6) is 0.775. The van der Waals surface area contributed by atoms with E-state index in [4.69, 9.17) is 4.74 Å². The number of hydrogen-bond acceptors (Lipinski definition) is 2. The molecule has 1 rings (SSSR count). The van der Waals surface area contributed by atoms with Gasteiger partial charge in [-0.3, -0.25) is 0 Å². The highest BCUT2D eigenvalue weighted by atomic mass is 16.5. The Morgan fingerprint density at radius 2 is 1.81 bits per heavy atom. The topological polar surface area (TPSA) is 29.5 Å². The van der Waals surface area contributed by atoms with Crippen molar-refractivity contribution >= 4 is 0 Å². The first kappa shape index (κ1) is 14.0. The van der Waals surface area contributed by atoms with Crippen molar-refractivity contribution in [3.05, 3.63) is 0 Å². The zero-order valence-corrected chi connectivity index (χ0v) is 11.4. The van der Waals surface area contributed by atoms with Gasteiger partial charge in [0.05, 0.1) is 12.2 Å². The van der Waals surface area contributed by atoms with Crippen LogP contribution in [0.25, 0.3) is 0 Å². The molecule has 0 aliphatic heterocycles. The van der Waals surface area contributed by atoms with Crippen molar-refractivity contribution in [2.45, 2.75) is 65.4 Å². The quantitative estimate of drug-likeness (QED) is 0.799. The van der Waals surface area contributed by atoms with Gasteiger partial charge in [0.1, 0.15) is 0 Å². The molecule has 0 aromatic heterocycles. The molecule has 0 spiro atoms. The maximum Gasteiger partial charge on any atom is 0.0912 e. The number of aliphatic hydroxyl groups is 1. The van der Waals surface area contributed by atoms with Crippen LogP contribution in [-0.2, 0) is 4.74 Å². The minimum Gasteiger partial charge on any atom is -0.393 e. The average Bonchev–Trinajstić information content (AvgIpc) is 2.26. The molecule has 1 aliphatic rings. The Labute approximate surface area is 100 Å². The van der Waals surface area contributed by atoms with E-state index in [1.807, 2.05) is 0 Å². The van der Waals surface area contributed by atoms with Gasteiger partial charge in [-0.1, -0.05) is 27.7 Å². The molecule has 0 saturated heterocycles. The largest absolute Gasteiger partial charge is 0.393 e. The second-order valence-electron chi connectivity index (χ2n) is 6.33. The zero-order valence-electron chi connectivity index (χ0n) is 11.4. The molecule has 96 valence electrons. The second kappa shape index (κ2) is 5.50. The first-order valence-electron chi connectivity index (χ1n) is 6.68. The molecular formula is C14H28O2. The lowest BCUT2D eigenvalue weighted by Crippen LogP contribution is -2.43. The lowest BCUT2D eigenvalue weighted by molar-refractivity contribution is -0.113. The normalized spacial score (nSPS) is 31.7. The van der Waals surface area contributed by atoms with Crippen molar-refractivity contribution in [2.24, 2.45) is 11.3 Å². The summed E-state index contributed by atoms with van der Waals surface area (Å²) in [6.07, 6.45) is 5.45. The summed E-state index contributed by atoms with van der Waals surface area (Å²) >= 11 is 0. The molecule has 1 saturated carbocycles. The van der Waals surface area contributed by atoms with E-state index in [1.54, 1.807) is 0 Å². The molecule has 0 aromatic carbocycles. The molecule has 0 radical (unpaired) electrons. The first-order chi connectivity index (χ1) is 7.43. The summed E-state index contributed by atoms with van der Waals surface area (Å²) in [5.41, 5.74) is 0.171. The van der Waals surface area contributed by atoms with Crippen LogP contribution in [0.3, 0.4) is 0 Å². The van der Waals surface area contributed by atoms with E-state index < -0.39 is 0 Å². The third kappa shape index (κ3) is 3.46. The highest BCUT2D eigenvalue weighted by Gasteiger charge is 2.38. The summed E-state index contributed by atoms with van der Waals surface area (Å²) in [6.45, 7) is 10.0. The van der Waals surface area contributed by atoms with E-state index in [-0.39, 0.29) is 12.2 Å². The van der Waals surface area contributed by atoms with Crippen molar-refractivity contribution < 1.29 is 9.84 Å². The molecule has 0 amide bonds. The highest BCUT2D eigenvalue weighted by molar-refractivity contribution is 4.90. The van der Waals surface area contributed by atoms with Crippen molar-refractivity contribution in [2.75, 3.05) is 13.2 Å². The monoisotopic (exact) mass is 228 g/mol. The van der Waals surface area contributed by atoms with Crippen LogP contribution in [0.2, 0.25) is 0 Å². The van der Waals surface area contributed by atoms with Crippen molar-refractivity contribution in [1.29, 1.82) is 0 Å². The Morgan fingerprint density at radius 1 is 1.25 bits per heavy atom. The maximum absolute atomic E-state index is 9.53. The van der Waals surface area contributed by atoms with E-state index >= 15 is 0 Å². The molecule has 0 unspecified atom stereocenters. The van der Waals surface area contributed by atoms with Crippen LogP contribution in [0.5, 0.6) is 0 Å². The molecule has 1 fully saturated rings. The Morgan fingerprint density at radius 3 is 2.19 bits per heavy atom. The van der Waals surface area contributed by atoms with Crippen molar-refractivity contribution in [3.8, 4) is 0 Å². The Balaban J connectivity index is 2.50. The molecular weight excluding hydrogens is 200 g/mol. The third-order valence-corrected chi connectivity index (χ3v) is 4.02. The predicted octanol–water partition coefficient (Wildman–Crippen LogP) is 3.38. The summed E-state index contributed by atoms with van der Waals surface area (Å²) in [4.78, 5) is 0. The van der Waals surface area contributed by atoms with Gasteiger partial charge in [-0.15, -0.1) is 0 Å². The summed E-state index contributed by atoms with van der Waals surface area (Å²) < 4.78 is 5.88. The van der Waals surface area contributed by atoms with Crippen LogP contribution in [-0.4, -0.2) is 23.9 Å². The average molecular weight is 228 g/mol. The molecule has 1 aliphatic carbocycles. The fourth-order valence-corrected chi connectivity index (χ4v) is 2.68. The summed E-state index contributed by atoms with van der Waals surface area (Å²) in [5, 5.41) is 9.53. The fourth-order valence-electron chi connectivity index (χ4n) is 2.68. The van der Waals surface area contributed by atoms with Gasteiger partial charge in [-0.25, -0.2) is 0 Å². The maximum atomic E-state index is 9.53. The van der Waals surface area contributed by atoms with Gasteiger partial charge in [0, 0.05) is 6.61 Å². The summed E-state index contributed by atoms with van der Waals surface area (Å²) in [7, 11) is 0. The van der Waals surface area contributed by atoms with Gasteiger partial charge in [0.15, 0.2) is 0 Å². The fraction of sp³-hybridized carbons (Fsp3) is 1.00. The van der Waals surface area contributed by atoms with E-state index in [1.165, 1.54) is 12.8 Å². The van der Waals surface area contributed by atoms with Crippen LogP contribution in [0.4, 0.5) is 0 Å². The number of rotatable bonds is 4. The molecule has 16 heavy (non-hydrogen) atoms. The van der Waals surface area contributed by atoms with Crippen LogP contribution >= 0.6 is 0 Å². The second-order valence-corrected chi connectivity index (χ2v) is 6.33. The number of hydrogen-bond donors (Lipinski definition) is 1. The zero-order chi connectivity index (χ0) is 12.2. The molecule has 2 nitrogen and oxygen atoms in total. The molecule has 0 bridgehead atoms. The van der Waals surface area contributed by atoms with Gasteiger partial charge in [-0.2, -0.15) is 0 Å². The Bertz CT molecular complexity index is 197. The van der Waals surface area contributed by atoms with Gasteiger partial charge in [0.2, 0.25) is 0 Å². The lowest BCUT2D eigenvalue weighted by atomic mass is 9.68. The van der Waals surface area contributed by atoms with Gasteiger partial charge >= 0.3 is 0 Å². The number of aliphatic hydroxyl groups excluding tert-OH is 1. The smallest absolute Gasteiger partial charge is 0.0912 e. The number of ether oxygens (including phenoxy) is 1. The lowest BCUT2D eigenvalue weighted by Gasteiger charge is -2.43. The van der Waals surface area contributed by atoms with E-state index in [9.17, 15) is 5.11 Å². The van der Waals surface area contributed by atoms with Crippen molar-refractivity contribution in [3.63, 3.8) is 0 Å². The SMILES string of the molecule is CCCOC1(CO)CCC(C(C)(C)C)CC1. The van der Waals surface area contributed by atoms with Gasteiger partial charge in [-0.05, 0) is 43.4 Å². The van der Waals surface area contributed by atoms with E-state index in [0.29, 0.717) is 5.41 Å². The minimum atomic E-state index is -0.224. The molecule has 0 heterocycles. The van der Waals surface area contributed by atoms with E-state index in [0.717, 1.165) is 31.8 Å². The molecule has 0 aromatic rings. The Hall–Kier alpha value is -0.0800. The van der Waals surface area contributed by atoms with Crippen LogP contribution in [0.1, 0.15) is 59.8 Å². The van der Waals surface area contributed by atoms with E-state index in [2.05, 4.69) is 27.7 Å². The van der Waals surface area contributed by atoms with Crippen LogP contribution in [0, 0.1) is 11.3 Å². The van der Waals surface area contributed by atoms with Gasteiger partial charge < -0.3 is 9.84 Å². The van der Waals surface area contributed by atoms with Gasteiger partial charge in [0.25, 0.3) is 0 Å².